The molecule has 1 aromatic heterocycles. The number of thioether (sulfide) groups is 1. The van der Waals surface area contributed by atoms with E-state index in [2.05, 4.69) is 20.7 Å². The van der Waals surface area contributed by atoms with Gasteiger partial charge in [-0.15, -0.1) is 10.2 Å². The number of nitrogens with one attached hydrogen (secondary N) is 1. The van der Waals surface area contributed by atoms with E-state index >= 15 is 0 Å². The molecule has 1 heterocycles. The third-order valence-electron chi connectivity index (χ3n) is 5.55. The molecule has 10 nitrogen and oxygen atoms in total. The van der Waals surface area contributed by atoms with Crippen molar-refractivity contribution in [2.24, 2.45) is 5.10 Å². The van der Waals surface area contributed by atoms with E-state index in [1.165, 1.54) is 11.8 Å². The molecule has 3 aromatic carbocycles. The topological polar surface area (TPSA) is 120 Å². The standard InChI is InChI=1S/C27H27N5O5S/c1-17(20-12-8-9-13-21(20)33)28-29-24(34)16-38-27-31-30-26(32(27)19-10-6-5-7-11-19)18-14-22(35-2)25(37-4)23(15-18)36-3/h5-15,33H,16H2,1-4H3,(H,29,34)/b28-17-. The van der Waals surface area contributed by atoms with Crippen molar-refractivity contribution in [3.63, 3.8) is 0 Å². The highest BCUT2D eigenvalue weighted by Crippen LogP contribution is 2.41. The molecule has 4 aromatic rings. The van der Waals surface area contributed by atoms with E-state index in [0.29, 0.717) is 45.1 Å². The summed E-state index contributed by atoms with van der Waals surface area (Å²) in [5, 5.41) is 23.4. The van der Waals surface area contributed by atoms with E-state index in [4.69, 9.17) is 14.2 Å². The molecule has 196 valence electrons. The van der Waals surface area contributed by atoms with Crippen LogP contribution in [0, 0.1) is 0 Å². The summed E-state index contributed by atoms with van der Waals surface area (Å²) in [5.41, 5.74) is 5.06. The van der Waals surface area contributed by atoms with Gasteiger partial charge in [-0.3, -0.25) is 9.36 Å². The average molecular weight is 534 g/mol. The maximum Gasteiger partial charge on any atom is 0.250 e. The Kier molecular flexibility index (Phi) is 8.49. The number of ether oxygens (including phenoxy) is 3. The minimum Gasteiger partial charge on any atom is -0.507 e. The molecule has 0 spiro atoms. The zero-order valence-corrected chi connectivity index (χ0v) is 22.2. The zero-order valence-electron chi connectivity index (χ0n) is 21.3. The number of carbonyl (C=O) groups excluding carboxylic acids is 1. The zero-order chi connectivity index (χ0) is 27.1. The highest BCUT2D eigenvalue weighted by molar-refractivity contribution is 7.99. The lowest BCUT2D eigenvalue weighted by Crippen LogP contribution is -2.21. The van der Waals surface area contributed by atoms with Crippen LogP contribution in [-0.4, -0.2) is 58.6 Å². The first-order valence-electron chi connectivity index (χ1n) is 11.5. The van der Waals surface area contributed by atoms with Crippen LogP contribution in [0.1, 0.15) is 12.5 Å². The Balaban J connectivity index is 1.61. The predicted molar refractivity (Wildman–Crippen MR) is 146 cm³/mol. The van der Waals surface area contributed by atoms with Crippen molar-refractivity contribution < 1.29 is 24.1 Å². The van der Waals surface area contributed by atoms with E-state index in [9.17, 15) is 9.90 Å². The fraction of sp³-hybridized carbons (Fsp3) is 0.185. The van der Waals surface area contributed by atoms with Crippen LogP contribution in [0.4, 0.5) is 0 Å². The van der Waals surface area contributed by atoms with Crippen LogP contribution in [0.15, 0.2) is 77.0 Å². The molecule has 0 unspecified atom stereocenters. The Labute approximate surface area is 224 Å². The predicted octanol–water partition coefficient (Wildman–Crippen LogP) is 4.30. The van der Waals surface area contributed by atoms with Crippen LogP contribution in [0.5, 0.6) is 23.0 Å². The second kappa shape index (κ2) is 12.2. The third-order valence-corrected chi connectivity index (χ3v) is 6.47. The van der Waals surface area contributed by atoms with Gasteiger partial charge in [0.05, 0.1) is 32.8 Å². The summed E-state index contributed by atoms with van der Waals surface area (Å²) in [6.45, 7) is 1.71. The number of para-hydroxylation sites is 2. The van der Waals surface area contributed by atoms with Crippen LogP contribution in [0.25, 0.3) is 17.1 Å². The summed E-state index contributed by atoms with van der Waals surface area (Å²) in [7, 11) is 4.64. The summed E-state index contributed by atoms with van der Waals surface area (Å²) >= 11 is 1.22. The van der Waals surface area contributed by atoms with E-state index in [0.717, 1.165) is 5.69 Å². The second-order valence-corrected chi connectivity index (χ2v) is 8.87. The summed E-state index contributed by atoms with van der Waals surface area (Å²) in [5.74, 6) is 1.76. The van der Waals surface area contributed by atoms with Crippen LogP contribution >= 0.6 is 11.8 Å². The number of methoxy groups -OCH3 is 3. The van der Waals surface area contributed by atoms with E-state index in [1.54, 1.807) is 64.7 Å². The molecule has 0 atom stereocenters. The average Bonchev–Trinajstić information content (AvgIpc) is 3.38. The van der Waals surface area contributed by atoms with Gasteiger partial charge < -0.3 is 19.3 Å². The fourth-order valence-electron chi connectivity index (χ4n) is 3.72. The van der Waals surface area contributed by atoms with Crippen LogP contribution in [0.3, 0.4) is 0 Å². The van der Waals surface area contributed by atoms with Crippen LogP contribution in [-0.2, 0) is 4.79 Å². The van der Waals surface area contributed by atoms with Gasteiger partial charge in [-0.25, -0.2) is 5.43 Å². The Bertz CT molecular complexity index is 1430. The van der Waals surface area contributed by atoms with Gasteiger partial charge in [0, 0.05) is 16.8 Å². The van der Waals surface area contributed by atoms with Gasteiger partial charge in [0.2, 0.25) is 5.75 Å². The number of nitrogens with zero attached hydrogens (tertiary/aromatic N) is 4. The van der Waals surface area contributed by atoms with Crippen molar-refractivity contribution in [2.45, 2.75) is 12.1 Å². The minimum atomic E-state index is -0.332. The molecule has 0 aliphatic heterocycles. The lowest BCUT2D eigenvalue weighted by Gasteiger charge is -2.15. The normalized spacial score (nSPS) is 11.2. The van der Waals surface area contributed by atoms with Gasteiger partial charge in [0.15, 0.2) is 22.5 Å². The number of hydrogen-bond donors (Lipinski definition) is 2. The Morgan fingerprint density at radius 1 is 0.974 bits per heavy atom. The van der Waals surface area contributed by atoms with E-state index in [-0.39, 0.29) is 17.4 Å². The number of amides is 1. The first-order valence-corrected chi connectivity index (χ1v) is 12.5. The minimum absolute atomic E-state index is 0.0395. The fourth-order valence-corrected chi connectivity index (χ4v) is 4.46. The second-order valence-electron chi connectivity index (χ2n) is 7.93. The Morgan fingerprint density at radius 3 is 2.26 bits per heavy atom. The first-order chi connectivity index (χ1) is 18.5. The molecule has 0 aliphatic rings. The first kappa shape index (κ1) is 26.6. The molecule has 0 aliphatic carbocycles. The van der Waals surface area contributed by atoms with Crippen molar-refractivity contribution >= 4 is 23.4 Å². The molecular weight excluding hydrogens is 506 g/mol. The van der Waals surface area contributed by atoms with Gasteiger partial charge in [0.1, 0.15) is 5.75 Å². The molecule has 4 rings (SSSR count). The summed E-state index contributed by atoms with van der Waals surface area (Å²) in [4.78, 5) is 12.6. The monoisotopic (exact) mass is 533 g/mol. The molecule has 0 saturated carbocycles. The number of carbonyl (C=O) groups is 1. The number of aromatic nitrogens is 3. The number of hydrazone groups is 1. The lowest BCUT2D eigenvalue weighted by molar-refractivity contribution is -0.118. The number of rotatable bonds is 10. The summed E-state index contributed by atoms with van der Waals surface area (Å²) in [6, 6.07) is 20.0. The van der Waals surface area contributed by atoms with Gasteiger partial charge in [-0.05, 0) is 43.3 Å². The lowest BCUT2D eigenvalue weighted by atomic mass is 10.1. The SMILES string of the molecule is COc1cc(-c2nnc(SCC(=O)N/N=C(/C)c3ccccc3O)n2-c2ccccc2)cc(OC)c1OC. The quantitative estimate of drug-likeness (QED) is 0.176. The highest BCUT2D eigenvalue weighted by Gasteiger charge is 2.21. The molecule has 0 radical (unpaired) electrons. The molecule has 11 heteroatoms. The molecule has 38 heavy (non-hydrogen) atoms. The molecule has 0 saturated heterocycles. The van der Waals surface area contributed by atoms with Gasteiger partial charge in [-0.2, -0.15) is 5.10 Å². The van der Waals surface area contributed by atoms with E-state index in [1.807, 2.05) is 34.9 Å². The number of aromatic hydroxyl groups is 1. The Hall–Kier alpha value is -4.51. The van der Waals surface area contributed by atoms with Crippen molar-refractivity contribution in [2.75, 3.05) is 27.1 Å². The number of phenols is 1. The van der Waals surface area contributed by atoms with Crippen LogP contribution < -0.4 is 19.6 Å². The van der Waals surface area contributed by atoms with Gasteiger partial charge in [0.25, 0.3) is 5.91 Å². The number of benzene rings is 3. The smallest absolute Gasteiger partial charge is 0.250 e. The van der Waals surface area contributed by atoms with Crippen molar-refractivity contribution in [1.29, 1.82) is 0 Å². The highest BCUT2D eigenvalue weighted by atomic mass is 32.2. The van der Waals surface area contributed by atoms with Crippen molar-refractivity contribution in [3.05, 3.63) is 72.3 Å². The molecule has 0 bridgehead atoms. The summed E-state index contributed by atoms with van der Waals surface area (Å²) < 4.78 is 18.3. The van der Waals surface area contributed by atoms with Crippen LogP contribution in [0.2, 0.25) is 0 Å². The molecule has 0 fully saturated rings. The molecule has 2 N–H and O–H groups in total. The summed E-state index contributed by atoms with van der Waals surface area (Å²) in [6.07, 6.45) is 0. The Morgan fingerprint density at radius 2 is 1.63 bits per heavy atom. The maximum absolute atomic E-state index is 12.6. The maximum atomic E-state index is 12.6. The van der Waals surface area contributed by atoms with Gasteiger partial charge in [-0.1, -0.05) is 42.1 Å². The van der Waals surface area contributed by atoms with Crippen molar-refractivity contribution in [3.8, 4) is 40.1 Å². The number of phenolic OH excluding ortho intramolecular Hbond substituents is 1. The van der Waals surface area contributed by atoms with Gasteiger partial charge >= 0.3 is 0 Å². The third kappa shape index (κ3) is 5.73. The molecule has 1 amide bonds. The van der Waals surface area contributed by atoms with Crippen molar-refractivity contribution in [1.82, 2.24) is 20.2 Å². The van der Waals surface area contributed by atoms with E-state index < -0.39 is 0 Å². The number of hydrogen-bond acceptors (Lipinski definition) is 9. The molecular formula is C27H27N5O5S. The largest absolute Gasteiger partial charge is 0.507 e.